The highest BCUT2D eigenvalue weighted by molar-refractivity contribution is 9.10. The van der Waals surface area contributed by atoms with E-state index in [0.717, 1.165) is 4.47 Å². The second-order valence-corrected chi connectivity index (χ2v) is 7.08. The summed E-state index contributed by atoms with van der Waals surface area (Å²) in [6.07, 6.45) is -0.461. The Hall–Kier alpha value is -0.180. The molecule has 1 unspecified atom stereocenters. The van der Waals surface area contributed by atoms with Crippen LogP contribution in [0.25, 0.3) is 0 Å². The molecule has 3 N–H and O–H groups in total. The van der Waals surface area contributed by atoms with Crippen molar-refractivity contribution in [1.29, 1.82) is 0 Å². The lowest BCUT2D eigenvalue weighted by molar-refractivity contribution is 0.192. The standard InChI is InChI=1S/C11H16BrClN2O3S/c1-8(16)7-14-4-5-15-19(17,18)11-3-2-9(12)6-10(11)13/h2-3,6,8,14-16H,4-5,7H2,1H3. The van der Waals surface area contributed by atoms with Crippen LogP contribution < -0.4 is 10.0 Å². The average Bonchev–Trinajstić information content (AvgIpc) is 2.27. The fourth-order valence-corrected chi connectivity index (χ4v) is 3.42. The van der Waals surface area contributed by atoms with Gasteiger partial charge in [-0.05, 0) is 25.1 Å². The van der Waals surface area contributed by atoms with Crippen molar-refractivity contribution >= 4 is 37.6 Å². The van der Waals surface area contributed by atoms with Crippen molar-refractivity contribution in [1.82, 2.24) is 10.0 Å². The molecule has 0 aromatic heterocycles. The Bertz CT molecular complexity index is 523. The lowest BCUT2D eigenvalue weighted by Gasteiger charge is -2.10. The first-order chi connectivity index (χ1) is 8.83. The van der Waals surface area contributed by atoms with Gasteiger partial charge >= 0.3 is 0 Å². The second-order valence-electron chi connectivity index (χ2n) is 4.03. The Labute approximate surface area is 126 Å². The van der Waals surface area contributed by atoms with E-state index in [4.69, 9.17) is 16.7 Å². The molecule has 0 saturated heterocycles. The molecule has 0 fully saturated rings. The van der Waals surface area contributed by atoms with E-state index >= 15 is 0 Å². The van der Waals surface area contributed by atoms with Gasteiger partial charge in [0.25, 0.3) is 0 Å². The zero-order valence-electron chi connectivity index (χ0n) is 10.4. The summed E-state index contributed by atoms with van der Waals surface area (Å²) < 4.78 is 27.1. The largest absolute Gasteiger partial charge is 0.392 e. The molecule has 0 aliphatic rings. The van der Waals surface area contributed by atoms with E-state index in [2.05, 4.69) is 26.0 Å². The van der Waals surface area contributed by atoms with Crippen molar-refractivity contribution in [2.75, 3.05) is 19.6 Å². The van der Waals surface area contributed by atoms with Crippen molar-refractivity contribution in [2.45, 2.75) is 17.9 Å². The van der Waals surface area contributed by atoms with Crippen LogP contribution in [0.15, 0.2) is 27.6 Å². The summed E-state index contributed by atoms with van der Waals surface area (Å²) in [6.45, 7) is 2.72. The third-order valence-electron chi connectivity index (χ3n) is 2.22. The Balaban J connectivity index is 2.56. The van der Waals surface area contributed by atoms with Gasteiger partial charge in [-0.1, -0.05) is 27.5 Å². The minimum absolute atomic E-state index is 0.0490. The predicted molar refractivity (Wildman–Crippen MR) is 78.9 cm³/mol. The fraction of sp³-hybridized carbons (Fsp3) is 0.455. The molecule has 1 aromatic carbocycles. The molecular formula is C11H16BrClN2O3S. The molecule has 0 saturated carbocycles. The third kappa shape index (κ3) is 5.76. The molecule has 1 atom stereocenters. The van der Waals surface area contributed by atoms with E-state index in [0.29, 0.717) is 13.1 Å². The number of nitrogens with one attached hydrogen (secondary N) is 2. The van der Waals surface area contributed by atoms with Crippen LogP contribution in [0.3, 0.4) is 0 Å². The molecule has 0 aliphatic carbocycles. The number of benzene rings is 1. The first kappa shape index (κ1) is 16.9. The number of aliphatic hydroxyl groups is 1. The van der Waals surface area contributed by atoms with Gasteiger partial charge in [-0.2, -0.15) is 0 Å². The molecule has 1 aromatic rings. The van der Waals surface area contributed by atoms with Crippen molar-refractivity contribution in [3.63, 3.8) is 0 Å². The molecular weight excluding hydrogens is 356 g/mol. The van der Waals surface area contributed by atoms with Crippen LogP contribution in [-0.4, -0.2) is 39.3 Å². The maximum absolute atomic E-state index is 12.0. The van der Waals surface area contributed by atoms with Crippen LogP contribution in [0.5, 0.6) is 0 Å². The minimum Gasteiger partial charge on any atom is -0.392 e. The van der Waals surface area contributed by atoms with E-state index < -0.39 is 16.1 Å². The van der Waals surface area contributed by atoms with Crippen LogP contribution in [0.4, 0.5) is 0 Å². The Kier molecular flexibility index (Phi) is 6.72. The third-order valence-corrected chi connectivity index (χ3v) is 4.65. The predicted octanol–water partition coefficient (Wildman–Crippen LogP) is 1.35. The van der Waals surface area contributed by atoms with Crippen molar-refractivity contribution in [2.24, 2.45) is 0 Å². The van der Waals surface area contributed by atoms with Gasteiger partial charge in [0.1, 0.15) is 4.90 Å². The summed E-state index contributed by atoms with van der Waals surface area (Å²) in [6, 6.07) is 4.59. The Morgan fingerprint density at radius 3 is 2.68 bits per heavy atom. The quantitative estimate of drug-likeness (QED) is 0.632. The first-order valence-corrected chi connectivity index (χ1v) is 8.32. The van der Waals surface area contributed by atoms with Crippen molar-refractivity contribution < 1.29 is 13.5 Å². The van der Waals surface area contributed by atoms with Gasteiger partial charge in [-0.15, -0.1) is 0 Å². The van der Waals surface area contributed by atoms with Gasteiger partial charge in [-0.3, -0.25) is 0 Å². The minimum atomic E-state index is -3.61. The number of halogens is 2. The monoisotopic (exact) mass is 370 g/mol. The lowest BCUT2D eigenvalue weighted by Crippen LogP contribution is -2.34. The number of hydrogen-bond acceptors (Lipinski definition) is 4. The smallest absolute Gasteiger partial charge is 0.242 e. The van der Waals surface area contributed by atoms with E-state index in [1.807, 2.05) is 0 Å². The average molecular weight is 372 g/mol. The van der Waals surface area contributed by atoms with Gasteiger partial charge in [-0.25, -0.2) is 13.1 Å². The number of hydrogen-bond donors (Lipinski definition) is 3. The summed E-state index contributed by atoms with van der Waals surface area (Å²) in [5, 5.41) is 12.1. The van der Waals surface area contributed by atoms with Gasteiger partial charge < -0.3 is 10.4 Å². The molecule has 19 heavy (non-hydrogen) atoms. The zero-order valence-corrected chi connectivity index (χ0v) is 13.5. The zero-order chi connectivity index (χ0) is 14.5. The summed E-state index contributed by atoms with van der Waals surface area (Å²) in [7, 11) is -3.61. The Morgan fingerprint density at radius 2 is 2.11 bits per heavy atom. The Morgan fingerprint density at radius 1 is 1.42 bits per heavy atom. The lowest BCUT2D eigenvalue weighted by atomic mass is 10.4. The molecule has 0 spiro atoms. The number of rotatable bonds is 7. The van der Waals surface area contributed by atoms with E-state index in [-0.39, 0.29) is 16.5 Å². The topological polar surface area (TPSA) is 78.4 Å². The molecule has 0 heterocycles. The highest BCUT2D eigenvalue weighted by atomic mass is 79.9. The van der Waals surface area contributed by atoms with Gasteiger partial charge in [0.05, 0.1) is 11.1 Å². The first-order valence-electron chi connectivity index (χ1n) is 5.66. The van der Waals surface area contributed by atoms with Crippen LogP contribution in [0, 0.1) is 0 Å². The number of sulfonamides is 1. The molecule has 0 aliphatic heterocycles. The maximum Gasteiger partial charge on any atom is 0.242 e. The molecule has 0 radical (unpaired) electrons. The van der Waals surface area contributed by atoms with Gasteiger partial charge in [0, 0.05) is 24.1 Å². The highest BCUT2D eigenvalue weighted by Gasteiger charge is 2.17. The molecule has 1 rings (SSSR count). The molecule has 8 heteroatoms. The maximum atomic E-state index is 12.0. The van der Waals surface area contributed by atoms with Gasteiger partial charge in [0.15, 0.2) is 0 Å². The number of aliphatic hydroxyl groups excluding tert-OH is 1. The molecule has 0 amide bonds. The van der Waals surface area contributed by atoms with E-state index in [1.165, 1.54) is 12.1 Å². The SMILES string of the molecule is CC(O)CNCCNS(=O)(=O)c1ccc(Br)cc1Cl. The van der Waals surface area contributed by atoms with Crippen molar-refractivity contribution in [3.8, 4) is 0 Å². The molecule has 108 valence electrons. The summed E-state index contributed by atoms with van der Waals surface area (Å²) in [5.74, 6) is 0. The molecule has 5 nitrogen and oxygen atoms in total. The van der Waals surface area contributed by atoms with Crippen molar-refractivity contribution in [3.05, 3.63) is 27.7 Å². The molecule has 0 bridgehead atoms. The second kappa shape index (κ2) is 7.56. The summed E-state index contributed by atoms with van der Waals surface area (Å²) in [4.78, 5) is 0.0490. The van der Waals surface area contributed by atoms with Crippen LogP contribution in [0.1, 0.15) is 6.92 Å². The fourth-order valence-electron chi connectivity index (χ4n) is 1.36. The normalized spacial score (nSPS) is 13.5. The summed E-state index contributed by atoms with van der Waals surface area (Å²) in [5.41, 5.74) is 0. The summed E-state index contributed by atoms with van der Waals surface area (Å²) >= 11 is 9.11. The highest BCUT2D eigenvalue weighted by Crippen LogP contribution is 2.24. The van der Waals surface area contributed by atoms with E-state index in [9.17, 15) is 8.42 Å². The van der Waals surface area contributed by atoms with Crippen LogP contribution in [-0.2, 0) is 10.0 Å². The van der Waals surface area contributed by atoms with Crippen LogP contribution in [0.2, 0.25) is 5.02 Å². The van der Waals surface area contributed by atoms with Gasteiger partial charge in [0.2, 0.25) is 10.0 Å². The van der Waals surface area contributed by atoms with Crippen LogP contribution >= 0.6 is 27.5 Å². The van der Waals surface area contributed by atoms with E-state index in [1.54, 1.807) is 13.0 Å².